The quantitative estimate of drug-likeness (QED) is 0.314. The molecule has 2 aromatic rings. The van der Waals surface area contributed by atoms with Crippen LogP contribution in [0.2, 0.25) is 0 Å². The summed E-state index contributed by atoms with van der Waals surface area (Å²) in [6.07, 6.45) is 3.06. The fraction of sp³-hybridized carbons (Fsp3) is 0.556. The highest BCUT2D eigenvalue weighted by Gasteiger charge is 2.25. The molecule has 1 aliphatic heterocycles. The first-order valence-corrected chi connectivity index (χ1v) is 13.4. The lowest BCUT2D eigenvalue weighted by atomic mass is 10.0. The van der Waals surface area contributed by atoms with E-state index in [2.05, 4.69) is 25.9 Å². The molecule has 1 aliphatic rings. The van der Waals surface area contributed by atoms with E-state index < -0.39 is 41.3 Å². The van der Waals surface area contributed by atoms with Gasteiger partial charge in [0.2, 0.25) is 0 Å². The van der Waals surface area contributed by atoms with E-state index in [1.807, 2.05) is 6.92 Å². The van der Waals surface area contributed by atoms with E-state index in [-0.39, 0.29) is 28.7 Å². The van der Waals surface area contributed by atoms with Crippen molar-refractivity contribution in [3.63, 3.8) is 0 Å². The van der Waals surface area contributed by atoms with Crippen LogP contribution < -0.4 is 26.6 Å². The zero-order valence-corrected chi connectivity index (χ0v) is 23.6. The van der Waals surface area contributed by atoms with Gasteiger partial charge in [-0.2, -0.15) is 0 Å². The summed E-state index contributed by atoms with van der Waals surface area (Å²) in [6, 6.07) is 1.31. The molecule has 5 N–H and O–H groups in total. The highest BCUT2D eigenvalue weighted by molar-refractivity contribution is 5.98. The van der Waals surface area contributed by atoms with Crippen LogP contribution in [0.25, 0.3) is 0 Å². The van der Waals surface area contributed by atoms with Gasteiger partial charge in [-0.05, 0) is 40.2 Å². The van der Waals surface area contributed by atoms with Crippen molar-refractivity contribution in [2.75, 3.05) is 41.8 Å². The van der Waals surface area contributed by atoms with Gasteiger partial charge in [0.15, 0.2) is 23.3 Å². The van der Waals surface area contributed by atoms with E-state index in [4.69, 9.17) is 15.2 Å². The molecule has 3 rings (SSSR count). The van der Waals surface area contributed by atoms with Gasteiger partial charge < -0.3 is 36.1 Å². The molecule has 0 aromatic carbocycles. The maximum atomic E-state index is 15.1. The van der Waals surface area contributed by atoms with Crippen LogP contribution in [0.5, 0.6) is 0 Å². The maximum absolute atomic E-state index is 15.1. The molecule has 0 unspecified atom stereocenters. The molecule has 0 radical (unpaired) electrons. The highest BCUT2D eigenvalue weighted by Crippen LogP contribution is 2.27. The third-order valence-corrected chi connectivity index (χ3v) is 6.18. The largest absolute Gasteiger partial charge is 0.444 e. The topological polar surface area (TPSA) is 144 Å². The summed E-state index contributed by atoms with van der Waals surface area (Å²) < 4.78 is 40.7. The normalized spacial score (nSPS) is 15.2. The predicted octanol–water partition coefficient (Wildman–Crippen LogP) is 4.32. The Morgan fingerprint density at radius 3 is 2.48 bits per heavy atom. The van der Waals surface area contributed by atoms with Crippen LogP contribution in [0.3, 0.4) is 0 Å². The van der Waals surface area contributed by atoms with E-state index >= 15 is 4.39 Å². The van der Waals surface area contributed by atoms with Crippen molar-refractivity contribution >= 4 is 35.1 Å². The second-order valence-electron chi connectivity index (χ2n) is 10.7. The molecule has 2 aromatic heterocycles. The van der Waals surface area contributed by atoms with Crippen molar-refractivity contribution in [1.82, 2.24) is 15.3 Å². The van der Waals surface area contributed by atoms with Crippen molar-refractivity contribution in [2.45, 2.75) is 71.6 Å². The SMILES string of the molecule is CCCC[C@@H](Nc1nc(Nc2cnc(N3CCOCC3)c(F)c2)c(C(N)=O)cc1F)[C@H](C)NC(=O)OC(C)(C)C. The van der Waals surface area contributed by atoms with Crippen LogP contribution in [-0.4, -0.2) is 66.0 Å². The Bertz CT molecular complexity index is 1190. The number of nitrogens with one attached hydrogen (secondary N) is 3. The Labute approximate surface area is 233 Å². The molecule has 13 heteroatoms. The first-order chi connectivity index (χ1) is 18.9. The van der Waals surface area contributed by atoms with Crippen molar-refractivity contribution < 1.29 is 27.8 Å². The predicted molar refractivity (Wildman–Crippen MR) is 149 cm³/mol. The summed E-state index contributed by atoms with van der Waals surface area (Å²) in [6.45, 7) is 11.0. The Hall–Kier alpha value is -3.74. The summed E-state index contributed by atoms with van der Waals surface area (Å²) in [5, 5.41) is 8.67. The molecule has 11 nitrogen and oxygen atoms in total. The van der Waals surface area contributed by atoms with E-state index in [0.717, 1.165) is 18.9 Å². The minimum atomic E-state index is -0.915. The standard InChI is InChI=1S/C27H39F2N7O4/c1-6-7-8-21(16(2)32-26(38)40-27(3,4)5)34-24-19(28)14-18(22(30)37)23(35-24)33-17-13-20(29)25(31-15-17)36-9-11-39-12-10-36/h13-16,21H,6-12H2,1-5H3,(H2,30,37)(H,32,38)(H2,33,34,35)/t16-,21+/m0/s1. The van der Waals surface area contributed by atoms with E-state index in [1.54, 1.807) is 32.6 Å². The van der Waals surface area contributed by atoms with Gasteiger partial charge in [0.05, 0.1) is 30.7 Å². The number of anilines is 4. The molecular formula is C27H39F2N7O4. The zero-order valence-electron chi connectivity index (χ0n) is 23.6. The average molecular weight is 564 g/mol. The number of nitrogens with zero attached hydrogens (tertiary/aromatic N) is 3. The monoisotopic (exact) mass is 563 g/mol. The number of halogens is 2. The molecule has 1 fully saturated rings. The number of hydrogen-bond acceptors (Lipinski definition) is 9. The number of carbonyl (C=O) groups excluding carboxylic acids is 2. The Balaban J connectivity index is 1.85. The lowest BCUT2D eigenvalue weighted by Crippen LogP contribution is -2.46. The number of nitrogens with two attached hydrogens (primary N) is 1. The number of aromatic nitrogens is 2. The second kappa shape index (κ2) is 13.6. The van der Waals surface area contributed by atoms with E-state index in [1.165, 1.54) is 12.3 Å². The lowest BCUT2D eigenvalue weighted by molar-refractivity contribution is 0.0502. The fourth-order valence-electron chi connectivity index (χ4n) is 4.16. The summed E-state index contributed by atoms with van der Waals surface area (Å²) in [5.74, 6) is -2.35. The van der Waals surface area contributed by atoms with Crippen molar-refractivity contribution in [2.24, 2.45) is 5.73 Å². The fourth-order valence-corrected chi connectivity index (χ4v) is 4.16. The van der Waals surface area contributed by atoms with Gasteiger partial charge in [0.1, 0.15) is 11.4 Å². The van der Waals surface area contributed by atoms with Gasteiger partial charge in [0.25, 0.3) is 5.91 Å². The Kier molecular flexibility index (Phi) is 10.4. The van der Waals surface area contributed by atoms with Crippen LogP contribution in [0.4, 0.5) is 36.7 Å². The number of carbonyl (C=O) groups is 2. The molecule has 0 saturated carbocycles. The van der Waals surface area contributed by atoms with Crippen molar-refractivity contribution in [3.8, 4) is 0 Å². The molecule has 0 bridgehead atoms. The third-order valence-electron chi connectivity index (χ3n) is 6.18. The minimum absolute atomic E-state index is 0.0706. The molecule has 3 heterocycles. The summed E-state index contributed by atoms with van der Waals surface area (Å²) in [5.41, 5.74) is 4.79. The number of rotatable bonds is 11. The van der Waals surface area contributed by atoms with E-state index in [0.29, 0.717) is 32.7 Å². The lowest BCUT2D eigenvalue weighted by Gasteiger charge is -2.28. The summed E-state index contributed by atoms with van der Waals surface area (Å²) in [4.78, 5) is 34.7. The van der Waals surface area contributed by atoms with Crippen LogP contribution in [0.15, 0.2) is 18.3 Å². The van der Waals surface area contributed by atoms with Crippen LogP contribution in [0.1, 0.15) is 64.2 Å². The summed E-state index contributed by atoms with van der Waals surface area (Å²) in [7, 11) is 0. The van der Waals surface area contributed by atoms with Crippen LogP contribution in [-0.2, 0) is 9.47 Å². The number of ether oxygens (including phenoxy) is 2. The van der Waals surface area contributed by atoms with E-state index in [9.17, 15) is 14.0 Å². The molecule has 0 aliphatic carbocycles. The molecule has 0 spiro atoms. The Morgan fingerprint density at radius 2 is 1.88 bits per heavy atom. The molecule has 2 atom stereocenters. The van der Waals surface area contributed by atoms with Gasteiger partial charge in [-0.15, -0.1) is 0 Å². The molecule has 1 saturated heterocycles. The smallest absolute Gasteiger partial charge is 0.407 e. The molecular weight excluding hydrogens is 524 g/mol. The van der Waals surface area contributed by atoms with Crippen molar-refractivity contribution in [1.29, 1.82) is 0 Å². The number of hydrogen-bond donors (Lipinski definition) is 4. The van der Waals surface area contributed by atoms with Crippen molar-refractivity contribution in [3.05, 3.63) is 35.5 Å². The zero-order chi connectivity index (χ0) is 29.4. The first kappa shape index (κ1) is 30.8. The van der Waals surface area contributed by atoms with Gasteiger partial charge in [0, 0.05) is 31.2 Å². The molecule has 220 valence electrons. The number of pyridine rings is 2. The number of amides is 2. The average Bonchev–Trinajstić information content (AvgIpc) is 2.87. The number of unbranched alkanes of at least 4 members (excludes halogenated alkanes) is 1. The van der Waals surface area contributed by atoms with Crippen LogP contribution >= 0.6 is 0 Å². The number of morpholine rings is 1. The number of alkyl carbamates (subject to hydrolysis) is 1. The second-order valence-corrected chi connectivity index (χ2v) is 10.7. The first-order valence-electron chi connectivity index (χ1n) is 13.4. The summed E-state index contributed by atoms with van der Waals surface area (Å²) >= 11 is 0. The van der Waals surface area contributed by atoms with Crippen LogP contribution in [0, 0.1) is 11.6 Å². The van der Waals surface area contributed by atoms with Gasteiger partial charge in [-0.1, -0.05) is 19.8 Å². The molecule has 2 amide bonds. The number of primary amides is 1. The third kappa shape index (κ3) is 8.63. The Morgan fingerprint density at radius 1 is 1.18 bits per heavy atom. The minimum Gasteiger partial charge on any atom is -0.444 e. The maximum Gasteiger partial charge on any atom is 0.407 e. The van der Waals surface area contributed by atoms with Gasteiger partial charge in [-0.25, -0.2) is 23.5 Å². The van der Waals surface area contributed by atoms with Gasteiger partial charge in [-0.3, -0.25) is 4.79 Å². The highest BCUT2D eigenvalue weighted by atomic mass is 19.1. The molecule has 40 heavy (non-hydrogen) atoms. The van der Waals surface area contributed by atoms with Gasteiger partial charge >= 0.3 is 6.09 Å².